The predicted octanol–water partition coefficient (Wildman–Crippen LogP) is 6.36. The maximum Gasteiger partial charge on any atom is 0.251 e. The van der Waals surface area contributed by atoms with Crippen molar-refractivity contribution < 1.29 is 9.53 Å². The van der Waals surface area contributed by atoms with Crippen molar-refractivity contribution in [3.63, 3.8) is 0 Å². The number of carbonyl (C=O) groups excluding carboxylic acids is 1. The number of imidazole rings is 1. The lowest BCUT2D eigenvalue weighted by Crippen LogP contribution is -2.26. The van der Waals surface area contributed by atoms with Crippen LogP contribution in [-0.2, 0) is 13.0 Å². The minimum atomic E-state index is -0.0840. The van der Waals surface area contributed by atoms with Crippen LogP contribution >= 0.6 is 15.9 Å². The lowest BCUT2D eigenvalue weighted by molar-refractivity contribution is 0.0954. The highest BCUT2D eigenvalue weighted by Gasteiger charge is 2.12. The fourth-order valence-electron chi connectivity index (χ4n) is 3.94. The third kappa shape index (κ3) is 5.86. The van der Waals surface area contributed by atoms with Crippen molar-refractivity contribution in [3.8, 4) is 5.75 Å². The first kappa shape index (κ1) is 24.0. The third-order valence-corrected chi connectivity index (χ3v) is 6.65. The molecule has 6 heteroatoms. The van der Waals surface area contributed by atoms with Gasteiger partial charge >= 0.3 is 0 Å². The highest BCUT2D eigenvalue weighted by molar-refractivity contribution is 9.10. The first-order chi connectivity index (χ1) is 16.5. The minimum absolute atomic E-state index is 0.0840. The normalized spacial score (nSPS) is 12.0. The van der Waals surface area contributed by atoms with E-state index >= 15 is 0 Å². The van der Waals surface area contributed by atoms with Gasteiger partial charge in [0, 0.05) is 23.0 Å². The monoisotopic (exact) mass is 519 g/mol. The molecule has 0 saturated carbocycles. The zero-order valence-corrected chi connectivity index (χ0v) is 21.2. The third-order valence-electron chi connectivity index (χ3n) is 6.12. The lowest BCUT2D eigenvalue weighted by atomic mass is 9.99. The number of ether oxygens (including phenoxy) is 1. The van der Waals surface area contributed by atoms with Gasteiger partial charge in [0.25, 0.3) is 5.91 Å². The number of hydrogen-bond acceptors (Lipinski definition) is 3. The van der Waals surface area contributed by atoms with E-state index in [2.05, 4.69) is 57.9 Å². The number of nitrogens with zero attached hydrogens (tertiary/aromatic N) is 2. The molecule has 5 nitrogen and oxygen atoms in total. The van der Waals surface area contributed by atoms with Crippen LogP contribution in [0.1, 0.15) is 47.9 Å². The first-order valence-corrected chi connectivity index (χ1v) is 12.5. The number of aromatic nitrogens is 2. The summed E-state index contributed by atoms with van der Waals surface area (Å²) in [6, 6.07) is 23.9. The topological polar surface area (TPSA) is 56.1 Å². The van der Waals surface area contributed by atoms with Gasteiger partial charge in [-0.1, -0.05) is 54.0 Å². The van der Waals surface area contributed by atoms with Crippen molar-refractivity contribution in [1.29, 1.82) is 0 Å². The molecule has 0 aliphatic heterocycles. The van der Waals surface area contributed by atoms with E-state index in [0.717, 1.165) is 33.5 Å². The molecule has 0 aliphatic rings. The van der Waals surface area contributed by atoms with Crippen molar-refractivity contribution >= 4 is 32.9 Å². The standard InChI is InChI=1S/C28H30BrN3O2/c1-3-20(2)21-10-14-24(15-11-21)34-19-18-32-26-7-5-4-6-25(26)31-27(32)16-17-30-28(33)22-8-12-23(29)13-9-22/h4-15,20H,3,16-19H2,1-2H3,(H,30,33). The zero-order valence-electron chi connectivity index (χ0n) is 19.6. The van der Waals surface area contributed by atoms with Gasteiger partial charge in [0.2, 0.25) is 0 Å². The van der Waals surface area contributed by atoms with Crippen LogP contribution in [0.3, 0.4) is 0 Å². The predicted molar refractivity (Wildman–Crippen MR) is 141 cm³/mol. The van der Waals surface area contributed by atoms with Gasteiger partial charge in [-0.25, -0.2) is 4.98 Å². The Morgan fingerprint density at radius 1 is 1.06 bits per heavy atom. The molecular weight excluding hydrogens is 490 g/mol. The summed E-state index contributed by atoms with van der Waals surface area (Å²) >= 11 is 3.40. The van der Waals surface area contributed by atoms with Crippen LogP contribution in [0.15, 0.2) is 77.3 Å². The molecule has 34 heavy (non-hydrogen) atoms. The molecule has 4 rings (SSSR count). The molecule has 1 atom stereocenters. The Kier molecular flexibility index (Phi) is 8.01. The fraction of sp³-hybridized carbons (Fsp3) is 0.286. The van der Waals surface area contributed by atoms with E-state index in [4.69, 9.17) is 9.72 Å². The van der Waals surface area contributed by atoms with Crippen LogP contribution in [0.2, 0.25) is 0 Å². The molecule has 0 spiro atoms. The molecule has 1 N–H and O–H groups in total. The molecule has 1 amide bonds. The molecule has 0 radical (unpaired) electrons. The van der Waals surface area contributed by atoms with Crippen molar-refractivity contribution in [3.05, 3.63) is 94.2 Å². The van der Waals surface area contributed by atoms with E-state index in [1.807, 2.05) is 42.5 Å². The van der Waals surface area contributed by atoms with E-state index in [1.165, 1.54) is 5.56 Å². The molecule has 176 valence electrons. The van der Waals surface area contributed by atoms with Gasteiger partial charge in [0.15, 0.2) is 0 Å². The SMILES string of the molecule is CCC(C)c1ccc(OCCn2c(CCNC(=O)c3ccc(Br)cc3)nc3ccccc32)cc1. The second kappa shape index (κ2) is 11.3. The summed E-state index contributed by atoms with van der Waals surface area (Å²) in [6.07, 6.45) is 1.76. The first-order valence-electron chi connectivity index (χ1n) is 11.8. The summed E-state index contributed by atoms with van der Waals surface area (Å²) in [5, 5.41) is 3.00. The van der Waals surface area contributed by atoms with Gasteiger partial charge in [-0.2, -0.15) is 0 Å². The molecule has 4 aromatic rings. The average molecular weight is 520 g/mol. The smallest absolute Gasteiger partial charge is 0.251 e. The molecule has 1 unspecified atom stereocenters. The molecule has 0 saturated heterocycles. The van der Waals surface area contributed by atoms with Gasteiger partial charge in [0.1, 0.15) is 18.2 Å². The van der Waals surface area contributed by atoms with Crippen LogP contribution in [0.25, 0.3) is 11.0 Å². The number of para-hydroxylation sites is 2. The number of amides is 1. The van der Waals surface area contributed by atoms with Crippen LogP contribution in [0.4, 0.5) is 0 Å². The van der Waals surface area contributed by atoms with E-state index in [-0.39, 0.29) is 5.91 Å². The molecule has 1 heterocycles. The summed E-state index contributed by atoms with van der Waals surface area (Å²) in [5.41, 5.74) is 4.01. The van der Waals surface area contributed by atoms with Crippen molar-refractivity contribution in [2.75, 3.05) is 13.2 Å². The van der Waals surface area contributed by atoms with Crippen molar-refractivity contribution in [2.24, 2.45) is 0 Å². The maximum atomic E-state index is 12.4. The molecule has 0 bridgehead atoms. The van der Waals surface area contributed by atoms with E-state index in [1.54, 1.807) is 12.1 Å². The molecule has 0 fully saturated rings. The Hall–Kier alpha value is -3.12. The fourth-order valence-corrected chi connectivity index (χ4v) is 4.20. The lowest BCUT2D eigenvalue weighted by Gasteiger charge is -2.13. The van der Waals surface area contributed by atoms with E-state index < -0.39 is 0 Å². The summed E-state index contributed by atoms with van der Waals surface area (Å²) in [5.74, 6) is 2.28. The molecule has 3 aromatic carbocycles. The number of hydrogen-bond donors (Lipinski definition) is 1. The Morgan fingerprint density at radius 2 is 1.79 bits per heavy atom. The second-order valence-electron chi connectivity index (χ2n) is 8.41. The number of halogens is 1. The Balaban J connectivity index is 1.38. The quantitative estimate of drug-likeness (QED) is 0.265. The van der Waals surface area contributed by atoms with Crippen molar-refractivity contribution in [1.82, 2.24) is 14.9 Å². The van der Waals surface area contributed by atoms with Gasteiger partial charge in [-0.05, 0) is 66.4 Å². The van der Waals surface area contributed by atoms with E-state index in [0.29, 0.717) is 37.6 Å². The number of carbonyl (C=O) groups is 1. The van der Waals surface area contributed by atoms with Gasteiger partial charge < -0.3 is 14.6 Å². The largest absolute Gasteiger partial charge is 0.492 e. The minimum Gasteiger partial charge on any atom is -0.492 e. The number of benzene rings is 3. The Labute approximate surface area is 209 Å². The molecule has 0 aliphatic carbocycles. The average Bonchev–Trinajstić information content (AvgIpc) is 3.21. The summed E-state index contributed by atoms with van der Waals surface area (Å²) in [6.45, 7) is 6.18. The van der Waals surface area contributed by atoms with Crippen molar-refractivity contribution in [2.45, 2.75) is 39.2 Å². The van der Waals surface area contributed by atoms with Crippen LogP contribution in [0, 0.1) is 0 Å². The Bertz CT molecular complexity index is 1230. The zero-order chi connectivity index (χ0) is 23.9. The highest BCUT2D eigenvalue weighted by Crippen LogP contribution is 2.22. The summed E-state index contributed by atoms with van der Waals surface area (Å²) in [4.78, 5) is 17.3. The van der Waals surface area contributed by atoms with Crippen LogP contribution in [0.5, 0.6) is 5.75 Å². The second-order valence-corrected chi connectivity index (χ2v) is 9.32. The number of fused-ring (bicyclic) bond motifs is 1. The maximum absolute atomic E-state index is 12.4. The Morgan fingerprint density at radius 3 is 2.53 bits per heavy atom. The van der Waals surface area contributed by atoms with Gasteiger partial charge in [-0.15, -0.1) is 0 Å². The van der Waals surface area contributed by atoms with E-state index in [9.17, 15) is 4.79 Å². The van der Waals surface area contributed by atoms with Gasteiger partial charge in [0.05, 0.1) is 17.6 Å². The molecule has 1 aromatic heterocycles. The summed E-state index contributed by atoms with van der Waals surface area (Å²) in [7, 11) is 0. The van der Waals surface area contributed by atoms with Gasteiger partial charge in [-0.3, -0.25) is 4.79 Å². The number of nitrogens with one attached hydrogen (secondary N) is 1. The highest BCUT2D eigenvalue weighted by atomic mass is 79.9. The summed E-state index contributed by atoms with van der Waals surface area (Å²) < 4.78 is 9.18. The van der Waals surface area contributed by atoms with Crippen LogP contribution in [-0.4, -0.2) is 28.6 Å². The number of rotatable bonds is 10. The van der Waals surface area contributed by atoms with Crippen LogP contribution < -0.4 is 10.1 Å². The molecular formula is C28H30BrN3O2.